The number of hydrogen-bond acceptors (Lipinski definition) is 5. The molecule has 0 radical (unpaired) electrons. The lowest BCUT2D eigenvalue weighted by molar-refractivity contribution is 0.0951. The van der Waals surface area contributed by atoms with Crippen LogP contribution in [-0.4, -0.2) is 34.8 Å². The zero-order valence-electron chi connectivity index (χ0n) is 18.5. The first-order valence-electron chi connectivity index (χ1n) is 10.0. The fourth-order valence-electron chi connectivity index (χ4n) is 3.23. The summed E-state index contributed by atoms with van der Waals surface area (Å²) >= 11 is 3.38. The molecule has 0 saturated carbocycles. The summed E-state index contributed by atoms with van der Waals surface area (Å²) in [5.41, 5.74) is 2.67. The van der Waals surface area contributed by atoms with Gasteiger partial charge in [0.15, 0.2) is 11.5 Å². The summed E-state index contributed by atoms with van der Waals surface area (Å²) in [5.74, 6) is 0.979. The maximum atomic E-state index is 12.6. The molecule has 0 atom stereocenters. The molecule has 9 heteroatoms. The van der Waals surface area contributed by atoms with Gasteiger partial charge >= 0.3 is 0 Å². The average Bonchev–Trinajstić information content (AvgIpc) is 2.80. The van der Waals surface area contributed by atoms with Crippen LogP contribution in [0.1, 0.15) is 21.5 Å². The lowest BCUT2D eigenvalue weighted by Crippen LogP contribution is -2.29. The van der Waals surface area contributed by atoms with Crippen LogP contribution in [0.15, 0.2) is 71.2 Å². The Morgan fingerprint density at radius 2 is 1.61 bits per heavy atom. The Labute approximate surface area is 202 Å². The number of rotatable bonds is 9. The molecule has 7 nitrogen and oxygen atoms in total. The molecule has 1 N–H and O–H groups in total. The predicted molar refractivity (Wildman–Crippen MR) is 132 cm³/mol. The van der Waals surface area contributed by atoms with Crippen molar-refractivity contribution in [1.29, 1.82) is 0 Å². The molecule has 3 aromatic rings. The van der Waals surface area contributed by atoms with E-state index in [1.54, 1.807) is 62.8 Å². The van der Waals surface area contributed by atoms with Crippen molar-refractivity contribution < 1.29 is 22.7 Å². The first-order valence-corrected chi connectivity index (χ1v) is 12.7. The minimum Gasteiger partial charge on any atom is -0.493 e. The largest absolute Gasteiger partial charge is 0.493 e. The number of halogens is 1. The second kappa shape index (κ2) is 10.7. The maximum absolute atomic E-state index is 12.6. The van der Waals surface area contributed by atoms with E-state index in [2.05, 4.69) is 21.2 Å². The highest BCUT2D eigenvalue weighted by Gasteiger charge is 2.18. The molecule has 0 spiro atoms. The molecular weight excluding hydrogens is 508 g/mol. The molecule has 0 bridgehead atoms. The van der Waals surface area contributed by atoms with Crippen LogP contribution < -0.4 is 19.1 Å². The molecule has 0 aliphatic rings. The maximum Gasteiger partial charge on any atom is 0.251 e. The van der Waals surface area contributed by atoms with Crippen molar-refractivity contribution in [3.63, 3.8) is 0 Å². The van der Waals surface area contributed by atoms with Crippen molar-refractivity contribution in [2.75, 3.05) is 24.8 Å². The Balaban J connectivity index is 1.68. The fraction of sp³-hybridized carbons (Fsp3) is 0.208. The quantitative estimate of drug-likeness (QED) is 0.442. The molecule has 3 aromatic carbocycles. The number of nitrogens with zero attached hydrogens (tertiary/aromatic N) is 1. The third-order valence-corrected chi connectivity index (χ3v) is 6.57. The molecule has 33 heavy (non-hydrogen) atoms. The number of carbonyl (C=O) groups excluding carboxylic acids is 1. The number of methoxy groups -OCH3 is 2. The highest BCUT2D eigenvalue weighted by atomic mass is 79.9. The van der Waals surface area contributed by atoms with E-state index in [9.17, 15) is 13.2 Å². The van der Waals surface area contributed by atoms with E-state index >= 15 is 0 Å². The van der Waals surface area contributed by atoms with Gasteiger partial charge in [-0.05, 0) is 53.6 Å². The van der Waals surface area contributed by atoms with Gasteiger partial charge in [0.1, 0.15) is 0 Å². The van der Waals surface area contributed by atoms with Crippen LogP contribution in [0, 0.1) is 0 Å². The zero-order chi connectivity index (χ0) is 24.0. The molecule has 0 heterocycles. The van der Waals surface area contributed by atoms with Crippen LogP contribution in [0.4, 0.5) is 5.69 Å². The van der Waals surface area contributed by atoms with Gasteiger partial charge in [-0.1, -0.05) is 40.2 Å². The van der Waals surface area contributed by atoms with Gasteiger partial charge in [-0.3, -0.25) is 9.10 Å². The van der Waals surface area contributed by atoms with Crippen molar-refractivity contribution >= 4 is 37.5 Å². The van der Waals surface area contributed by atoms with E-state index in [-0.39, 0.29) is 12.5 Å². The van der Waals surface area contributed by atoms with Crippen LogP contribution in [0.5, 0.6) is 11.5 Å². The summed E-state index contributed by atoms with van der Waals surface area (Å²) < 4.78 is 37.3. The molecule has 0 aliphatic heterocycles. The van der Waals surface area contributed by atoms with E-state index in [4.69, 9.17) is 9.47 Å². The monoisotopic (exact) mass is 532 g/mol. The Bertz CT molecular complexity index is 1230. The van der Waals surface area contributed by atoms with Gasteiger partial charge in [0.05, 0.1) is 32.7 Å². The number of hydrogen-bond donors (Lipinski definition) is 1. The summed E-state index contributed by atoms with van der Waals surface area (Å²) in [6.07, 6.45) is 1.17. The van der Waals surface area contributed by atoms with Crippen molar-refractivity contribution in [3.8, 4) is 11.5 Å². The smallest absolute Gasteiger partial charge is 0.251 e. The van der Waals surface area contributed by atoms with Gasteiger partial charge in [-0.2, -0.15) is 0 Å². The topological polar surface area (TPSA) is 84.9 Å². The lowest BCUT2D eigenvalue weighted by Gasteiger charge is -2.23. The van der Waals surface area contributed by atoms with Crippen LogP contribution >= 0.6 is 15.9 Å². The number of amides is 1. The number of carbonyl (C=O) groups is 1. The molecule has 0 aromatic heterocycles. The van der Waals surface area contributed by atoms with Gasteiger partial charge in [0.2, 0.25) is 10.0 Å². The molecular formula is C24H25BrN2O5S. The van der Waals surface area contributed by atoms with E-state index in [1.165, 1.54) is 10.6 Å². The minimum atomic E-state index is -3.50. The lowest BCUT2D eigenvalue weighted by atomic mass is 10.1. The number of anilines is 1. The van der Waals surface area contributed by atoms with Crippen LogP contribution in [0.2, 0.25) is 0 Å². The van der Waals surface area contributed by atoms with Crippen LogP contribution in [0.3, 0.4) is 0 Å². The summed E-state index contributed by atoms with van der Waals surface area (Å²) in [6.45, 7) is 0.481. The summed E-state index contributed by atoms with van der Waals surface area (Å²) in [6, 6.07) is 19.4. The highest BCUT2D eigenvalue weighted by molar-refractivity contribution is 9.10. The van der Waals surface area contributed by atoms with Crippen molar-refractivity contribution in [2.45, 2.75) is 13.1 Å². The van der Waals surface area contributed by atoms with Crippen LogP contribution in [-0.2, 0) is 23.1 Å². The molecule has 3 rings (SSSR count). The zero-order valence-corrected chi connectivity index (χ0v) is 20.9. The summed E-state index contributed by atoms with van der Waals surface area (Å²) in [4.78, 5) is 12.6. The number of ether oxygens (including phenoxy) is 2. The fourth-order valence-corrected chi connectivity index (χ4v) is 4.50. The van der Waals surface area contributed by atoms with Gasteiger partial charge in [0.25, 0.3) is 5.91 Å². The van der Waals surface area contributed by atoms with E-state index < -0.39 is 10.0 Å². The third kappa shape index (κ3) is 6.49. The SMILES string of the molecule is COc1ccc(CNC(=O)c2ccc(CN(c3cccc(Br)c3)S(C)(=O)=O)cc2)cc1OC. The first-order chi connectivity index (χ1) is 15.7. The Morgan fingerprint density at radius 1 is 0.939 bits per heavy atom. The average molecular weight is 533 g/mol. The molecule has 0 unspecified atom stereocenters. The van der Waals surface area contributed by atoms with Gasteiger partial charge in [-0.25, -0.2) is 8.42 Å². The highest BCUT2D eigenvalue weighted by Crippen LogP contribution is 2.27. The molecule has 1 amide bonds. The molecule has 0 fully saturated rings. The minimum absolute atomic E-state index is 0.156. The summed E-state index contributed by atoms with van der Waals surface area (Å²) in [7, 11) is -0.370. The second-order valence-corrected chi connectivity index (χ2v) is 10.1. The number of sulfonamides is 1. The standard InChI is InChI=1S/C24H25BrN2O5S/c1-31-22-12-9-18(13-23(22)32-2)15-26-24(28)19-10-7-17(8-11-19)16-27(33(3,29)30)21-6-4-5-20(25)14-21/h4-14H,15-16H2,1-3H3,(H,26,28). The van der Waals surface area contributed by atoms with Crippen molar-refractivity contribution in [1.82, 2.24) is 5.32 Å². The number of benzene rings is 3. The Kier molecular flexibility index (Phi) is 7.99. The van der Waals surface area contributed by atoms with Gasteiger partial charge in [-0.15, -0.1) is 0 Å². The van der Waals surface area contributed by atoms with E-state index in [1.807, 2.05) is 18.2 Å². The summed E-state index contributed by atoms with van der Waals surface area (Å²) in [5, 5.41) is 2.87. The molecule has 0 saturated heterocycles. The number of nitrogens with one attached hydrogen (secondary N) is 1. The Morgan fingerprint density at radius 3 is 2.21 bits per heavy atom. The second-order valence-electron chi connectivity index (χ2n) is 7.32. The normalized spacial score (nSPS) is 11.0. The predicted octanol–water partition coefficient (Wildman–Crippen LogP) is 4.36. The van der Waals surface area contributed by atoms with Gasteiger partial charge < -0.3 is 14.8 Å². The molecule has 174 valence electrons. The van der Waals surface area contributed by atoms with Crippen molar-refractivity contribution in [2.24, 2.45) is 0 Å². The van der Waals surface area contributed by atoms with E-state index in [0.717, 1.165) is 15.6 Å². The first kappa shape index (κ1) is 24.6. The Hall–Kier alpha value is -3.04. The van der Waals surface area contributed by atoms with E-state index in [0.29, 0.717) is 29.3 Å². The molecule has 0 aliphatic carbocycles. The van der Waals surface area contributed by atoms with Crippen LogP contribution in [0.25, 0.3) is 0 Å². The van der Waals surface area contributed by atoms with Gasteiger partial charge in [0, 0.05) is 16.6 Å². The third-order valence-electron chi connectivity index (χ3n) is 4.94. The van der Waals surface area contributed by atoms with Crippen molar-refractivity contribution in [3.05, 3.63) is 87.9 Å².